The molecule has 2 atom stereocenters. The summed E-state index contributed by atoms with van der Waals surface area (Å²) >= 11 is 0. The molecule has 3 aromatic rings. The van der Waals surface area contributed by atoms with Crippen LogP contribution in [0, 0.1) is 11.7 Å². The molecule has 0 bridgehead atoms. The minimum atomic E-state index is -0.410. The maximum Gasteiger partial charge on any atom is 0.257 e. The van der Waals surface area contributed by atoms with Crippen molar-refractivity contribution >= 4 is 5.91 Å². The van der Waals surface area contributed by atoms with Gasteiger partial charge in [-0.1, -0.05) is 12.5 Å². The monoisotopic (exact) mass is 411 g/mol. The van der Waals surface area contributed by atoms with Crippen LogP contribution in [0.5, 0.6) is 11.6 Å². The van der Waals surface area contributed by atoms with Crippen LogP contribution in [-0.2, 0) is 0 Å². The molecule has 1 unspecified atom stereocenters. The molecule has 0 saturated heterocycles. The Balaban J connectivity index is 1.48. The van der Waals surface area contributed by atoms with Crippen molar-refractivity contribution in [3.63, 3.8) is 0 Å². The van der Waals surface area contributed by atoms with Crippen LogP contribution in [0.2, 0.25) is 0 Å². The van der Waals surface area contributed by atoms with Crippen LogP contribution in [0.1, 0.15) is 29.6 Å². The summed E-state index contributed by atoms with van der Waals surface area (Å²) in [4.78, 5) is 18.5. The van der Waals surface area contributed by atoms with Crippen molar-refractivity contribution < 1.29 is 18.7 Å². The number of hydrogen-bond donors (Lipinski definition) is 1. The number of benzene rings is 1. The second-order valence-corrected chi connectivity index (χ2v) is 7.07. The van der Waals surface area contributed by atoms with Gasteiger partial charge in [-0.2, -0.15) is 15.0 Å². The van der Waals surface area contributed by atoms with Gasteiger partial charge in [0, 0.05) is 18.0 Å². The molecule has 9 heteroatoms. The van der Waals surface area contributed by atoms with Crippen LogP contribution in [-0.4, -0.2) is 45.6 Å². The zero-order chi connectivity index (χ0) is 20.9. The van der Waals surface area contributed by atoms with Crippen LogP contribution in [0.25, 0.3) is 5.69 Å². The van der Waals surface area contributed by atoms with E-state index < -0.39 is 5.82 Å². The van der Waals surface area contributed by atoms with Crippen molar-refractivity contribution in [3.05, 3.63) is 60.3 Å². The predicted octanol–water partition coefficient (Wildman–Crippen LogP) is 2.79. The third-order valence-corrected chi connectivity index (χ3v) is 5.21. The number of nitrogens with zero attached hydrogens (tertiary/aromatic N) is 4. The van der Waals surface area contributed by atoms with Crippen molar-refractivity contribution in [2.45, 2.75) is 25.3 Å². The molecule has 4 rings (SSSR count). The van der Waals surface area contributed by atoms with Crippen LogP contribution < -0.4 is 14.8 Å². The Labute approximate surface area is 173 Å². The van der Waals surface area contributed by atoms with E-state index in [2.05, 4.69) is 20.5 Å². The zero-order valence-corrected chi connectivity index (χ0v) is 16.5. The van der Waals surface area contributed by atoms with Crippen LogP contribution in [0.4, 0.5) is 4.39 Å². The molecule has 1 aliphatic rings. The van der Waals surface area contributed by atoms with Gasteiger partial charge in [0.25, 0.3) is 5.91 Å². The number of ether oxygens (including phenoxy) is 2. The van der Waals surface area contributed by atoms with E-state index in [0.717, 1.165) is 25.5 Å². The number of hydrogen-bond acceptors (Lipinski definition) is 6. The fraction of sp³-hybridized carbons (Fsp3) is 0.333. The maximum absolute atomic E-state index is 13.2. The Kier molecular flexibility index (Phi) is 5.87. The highest BCUT2D eigenvalue weighted by Crippen LogP contribution is 2.29. The standard InChI is InChI=1S/C21H22FN5O3/c1-29-18-7-3-6-17(27-24-10-11-25-27)20(18)21(28)26-16-5-2-4-14(16)13-30-19-9-8-15(22)12-23-19/h3,6-12,14,16H,2,4-5,13H2,1H3,(H,26,28)/t14-,16?/m1/s1. The second-order valence-electron chi connectivity index (χ2n) is 7.07. The number of carbonyl (C=O) groups is 1. The first-order valence-electron chi connectivity index (χ1n) is 9.74. The largest absolute Gasteiger partial charge is 0.496 e. The van der Waals surface area contributed by atoms with Gasteiger partial charge >= 0.3 is 0 Å². The molecular formula is C21H22FN5O3. The fourth-order valence-corrected chi connectivity index (χ4v) is 3.73. The highest BCUT2D eigenvalue weighted by atomic mass is 19.1. The van der Waals surface area contributed by atoms with Gasteiger partial charge in [0.05, 0.1) is 32.3 Å². The number of aromatic nitrogens is 4. The van der Waals surface area contributed by atoms with Crippen molar-refractivity contribution in [1.82, 2.24) is 25.3 Å². The molecule has 0 aliphatic heterocycles. The van der Waals surface area contributed by atoms with Gasteiger partial charge in [-0.25, -0.2) is 9.37 Å². The minimum Gasteiger partial charge on any atom is -0.496 e. The van der Waals surface area contributed by atoms with E-state index in [1.807, 2.05) is 0 Å². The molecule has 0 radical (unpaired) electrons. The highest BCUT2D eigenvalue weighted by molar-refractivity contribution is 6.00. The molecule has 1 aliphatic carbocycles. The predicted molar refractivity (Wildman–Crippen MR) is 106 cm³/mol. The third kappa shape index (κ3) is 4.24. The molecule has 156 valence electrons. The number of rotatable bonds is 7. The Hall–Kier alpha value is -3.49. The van der Waals surface area contributed by atoms with Gasteiger partial charge in [-0.3, -0.25) is 4.79 Å². The van der Waals surface area contributed by atoms with Gasteiger partial charge in [0.2, 0.25) is 5.88 Å². The second kappa shape index (κ2) is 8.89. The van der Waals surface area contributed by atoms with Gasteiger partial charge in [-0.05, 0) is 31.0 Å². The molecule has 1 N–H and O–H groups in total. The number of halogens is 1. The molecule has 1 saturated carbocycles. The van der Waals surface area contributed by atoms with Crippen molar-refractivity contribution in [2.75, 3.05) is 13.7 Å². The number of methoxy groups -OCH3 is 1. The average molecular weight is 411 g/mol. The van der Waals surface area contributed by atoms with Gasteiger partial charge in [0.15, 0.2) is 0 Å². The first-order chi connectivity index (χ1) is 14.7. The van der Waals surface area contributed by atoms with E-state index in [1.54, 1.807) is 30.6 Å². The smallest absolute Gasteiger partial charge is 0.257 e. The van der Waals surface area contributed by atoms with Crippen molar-refractivity contribution in [2.24, 2.45) is 5.92 Å². The van der Waals surface area contributed by atoms with Gasteiger partial charge in [-0.15, -0.1) is 0 Å². The molecule has 1 aromatic carbocycles. The number of amides is 1. The summed E-state index contributed by atoms with van der Waals surface area (Å²) in [5.74, 6) is 0.278. The lowest BCUT2D eigenvalue weighted by molar-refractivity contribution is 0.0915. The summed E-state index contributed by atoms with van der Waals surface area (Å²) in [6.07, 6.45) is 6.97. The number of pyridine rings is 1. The fourth-order valence-electron chi connectivity index (χ4n) is 3.73. The normalized spacial score (nSPS) is 18.2. The molecule has 1 fully saturated rings. The molecule has 2 aromatic heterocycles. The van der Waals surface area contributed by atoms with E-state index >= 15 is 0 Å². The topological polar surface area (TPSA) is 91.2 Å². The zero-order valence-electron chi connectivity index (χ0n) is 16.5. The molecule has 2 heterocycles. The summed E-state index contributed by atoms with van der Waals surface area (Å²) in [5.41, 5.74) is 0.918. The first kappa shape index (κ1) is 19.8. The molecule has 30 heavy (non-hydrogen) atoms. The lowest BCUT2D eigenvalue weighted by Crippen LogP contribution is -2.40. The van der Waals surface area contributed by atoms with Crippen LogP contribution >= 0.6 is 0 Å². The summed E-state index contributed by atoms with van der Waals surface area (Å²) < 4.78 is 24.1. The molecule has 1 amide bonds. The summed E-state index contributed by atoms with van der Waals surface area (Å²) in [6.45, 7) is 0.392. The molecule has 0 spiro atoms. The SMILES string of the molecule is COc1cccc(-n2nccn2)c1C(=O)NC1CCC[C@@H]1COc1ccc(F)cn1. The van der Waals surface area contributed by atoms with E-state index in [1.165, 1.54) is 24.0 Å². The summed E-state index contributed by atoms with van der Waals surface area (Å²) in [6, 6.07) is 8.04. The van der Waals surface area contributed by atoms with Gasteiger partial charge < -0.3 is 14.8 Å². The molecule has 8 nitrogen and oxygen atoms in total. The van der Waals surface area contributed by atoms with E-state index in [4.69, 9.17) is 9.47 Å². The summed E-state index contributed by atoms with van der Waals surface area (Å²) in [5, 5.41) is 11.4. The Morgan fingerprint density at radius 1 is 1.23 bits per heavy atom. The third-order valence-electron chi connectivity index (χ3n) is 5.21. The van der Waals surface area contributed by atoms with Crippen LogP contribution in [0.3, 0.4) is 0 Å². The first-order valence-corrected chi connectivity index (χ1v) is 9.74. The number of carbonyl (C=O) groups excluding carboxylic acids is 1. The van der Waals surface area contributed by atoms with E-state index in [-0.39, 0.29) is 17.9 Å². The minimum absolute atomic E-state index is 0.0544. The van der Waals surface area contributed by atoms with Crippen molar-refractivity contribution in [3.8, 4) is 17.3 Å². The highest BCUT2D eigenvalue weighted by Gasteiger charge is 2.31. The lowest BCUT2D eigenvalue weighted by Gasteiger charge is -2.22. The van der Waals surface area contributed by atoms with Crippen molar-refractivity contribution in [1.29, 1.82) is 0 Å². The van der Waals surface area contributed by atoms with E-state index in [0.29, 0.717) is 29.5 Å². The Bertz CT molecular complexity index is 994. The van der Waals surface area contributed by atoms with Gasteiger partial charge in [0.1, 0.15) is 22.8 Å². The average Bonchev–Trinajstić information content (AvgIpc) is 3.45. The Morgan fingerprint density at radius 3 is 2.80 bits per heavy atom. The Morgan fingerprint density at radius 2 is 2.07 bits per heavy atom. The maximum atomic E-state index is 13.2. The quantitative estimate of drug-likeness (QED) is 0.643. The summed E-state index contributed by atoms with van der Waals surface area (Å²) in [7, 11) is 1.52. The van der Waals surface area contributed by atoms with E-state index in [9.17, 15) is 9.18 Å². The number of nitrogens with one attached hydrogen (secondary N) is 1. The van der Waals surface area contributed by atoms with Crippen LogP contribution in [0.15, 0.2) is 48.9 Å². The lowest BCUT2D eigenvalue weighted by atomic mass is 10.0. The molecular weight excluding hydrogens is 389 g/mol.